The van der Waals surface area contributed by atoms with Crippen molar-refractivity contribution in [2.75, 3.05) is 18.9 Å². The summed E-state index contributed by atoms with van der Waals surface area (Å²) in [7, 11) is 0. The molecule has 0 bridgehead atoms. The zero-order valence-electron chi connectivity index (χ0n) is 12.8. The summed E-state index contributed by atoms with van der Waals surface area (Å²) < 4.78 is 11.9. The molecular formula is C15H26N2O2S. The van der Waals surface area contributed by atoms with E-state index in [0.29, 0.717) is 13.2 Å². The van der Waals surface area contributed by atoms with E-state index in [1.807, 2.05) is 38.1 Å². The lowest BCUT2D eigenvalue weighted by molar-refractivity contribution is 0.0522. The second-order valence-corrected chi connectivity index (χ2v) is 7.35. The second-order valence-electron chi connectivity index (χ2n) is 5.30. The highest BCUT2D eigenvalue weighted by Gasteiger charge is 2.34. The molecule has 0 aromatic heterocycles. The predicted octanol–water partition coefficient (Wildman–Crippen LogP) is 3.22. The number of nitrogen functional groups attached to an aromatic ring is 1. The van der Waals surface area contributed by atoms with Gasteiger partial charge in [0, 0.05) is 12.2 Å². The summed E-state index contributed by atoms with van der Waals surface area (Å²) in [5, 5.41) is 0. The molecule has 0 saturated heterocycles. The summed E-state index contributed by atoms with van der Waals surface area (Å²) >= 11 is 1.66. The molecule has 4 N–H and O–H groups in total. The number of anilines is 1. The van der Waals surface area contributed by atoms with Gasteiger partial charge in [0.1, 0.15) is 10.7 Å². The van der Waals surface area contributed by atoms with E-state index in [4.69, 9.17) is 20.9 Å². The Morgan fingerprint density at radius 2 is 1.75 bits per heavy atom. The maximum atomic E-state index is 6.12. The molecule has 5 heteroatoms. The molecule has 1 rings (SSSR count). The minimum Gasteiger partial charge on any atom is -0.477 e. The zero-order valence-corrected chi connectivity index (χ0v) is 13.6. The van der Waals surface area contributed by atoms with Crippen LogP contribution in [0, 0.1) is 0 Å². The van der Waals surface area contributed by atoms with Crippen LogP contribution >= 0.6 is 11.8 Å². The van der Waals surface area contributed by atoms with E-state index in [1.54, 1.807) is 11.8 Å². The first-order valence-electron chi connectivity index (χ1n) is 6.89. The first-order valence-corrected chi connectivity index (χ1v) is 7.70. The van der Waals surface area contributed by atoms with Gasteiger partial charge in [-0.1, -0.05) is 18.7 Å². The molecule has 0 aliphatic rings. The molecule has 4 nitrogen and oxygen atoms in total. The van der Waals surface area contributed by atoms with Crippen molar-refractivity contribution in [1.82, 2.24) is 0 Å². The first kappa shape index (κ1) is 17.1. The molecule has 20 heavy (non-hydrogen) atoms. The van der Waals surface area contributed by atoms with Gasteiger partial charge in [-0.3, -0.25) is 0 Å². The molecule has 0 spiro atoms. The molecule has 1 atom stereocenters. The van der Waals surface area contributed by atoms with Crippen molar-refractivity contribution in [1.29, 1.82) is 0 Å². The quantitative estimate of drug-likeness (QED) is 0.569. The largest absolute Gasteiger partial charge is 0.477 e. The van der Waals surface area contributed by atoms with E-state index < -0.39 is 0 Å². The Bertz CT molecular complexity index is 409. The summed E-state index contributed by atoms with van der Waals surface area (Å²) in [4.78, 5) is -0.716. The van der Waals surface area contributed by atoms with Crippen molar-refractivity contribution in [2.45, 2.75) is 44.0 Å². The fourth-order valence-corrected chi connectivity index (χ4v) is 3.27. The molecule has 0 aliphatic carbocycles. The third kappa shape index (κ3) is 5.61. The maximum Gasteiger partial charge on any atom is 0.154 e. The van der Waals surface area contributed by atoms with Gasteiger partial charge in [-0.25, -0.2) is 0 Å². The second kappa shape index (κ2) is 7.20. The number of hydrogen-bond acceptors (Lipinski definition) is 5. The maximum absolute atomic E-state index is 6.12. The average molecular weight is 298 g/mol. The molecule has 0 aliphatic heterocycles. The van der Waals surface area contributed by atoms with Gasteiger partial charge >= 0.3 is 0 Å². The minimum atomic E-state index is -0.367. The Morgan fingerprint density at radius 1 is 1.15 bits per heavy atom. The molecule has 1 aromatic carbocycles. The minimum absolute atomic E-state index is 0.349. The van der Waals surface area contributed by atoms with Crippen molar-refractivity contribution >= 4 is 17.4 Å². The van der Waals surface area contributed by atoms with Crippen LogP contribution in [0.2, 0.25) is 0 Å². The fraction of sp³-hybridized carbons (Fsp3) is 0.600. The van der Waals surface area contributed by atoms with Gasteiger partial charge < -0.3 is 20.9 Å². The van der Waals surface area contributed by atoms with E-state index in [9.17, 15) is 0 Å². The van der Waals surface area contributed by atoms with Gasteiger partial charge in [-0.05, 0) is 51.5 Å². The Morgan fingerprint density at radius 3 is 2.25 bits per heavy atom. The molecule has 114 valence electrons. The third-order valence-corrected chi connectivity index (χ3v) is 4.30. The van der Waals surface area contributed by atoms with E-state index in [1.165, 1.54) is 0 Å². The number of nitrogens with two attached hydrogens (primary N) is 2. The van der Waals surface area contributed by atoms with Crippen LogP contribution in [0.4, 0.5) is 5.69 Å². The Labute approximate surface area is 126 Å². The highest BCUT2D eigenvalue weighted by Crippen LogP contribution is 2.41. The van der Waals surface area contributed by atoms with E-state index in [2.05, 4.69) is 13.8 Å². The van der Waals surface area contributed by atoms with Crippen LogP contribution < -0.4 is 16.2 Å². The van der Waals surface area contributed by atoms with E-state index in [-0.39, 0.29) is 9.87 Å². The van der Waals surface area contributed by atoms with Crippen LogP contribution in [0.25, 0.3) is 0 Å². The van der Waals surface area contributed by atoms with Gasteiger partial charge in [-0.2, -0.15) is 0 Å². The Kier molecular flexibility index (Phi) is 6.17. The standard InChI is InChI=1S/C15H26N2O2S/c1-5-15(4,20-14(2,3)18-11-10-16)19-13-8-6-12(17)7-9-13/h6-9H,5,10-11,16-17H2,1-4H3. The van der Waals surface area contributed by atoms with Crippen molar-refractivity contribution in [2.24, 2.45) is 5.73 Å². The Balaban J connectivity index is 2.73. The molecule has 0 amide bonds. The van der Waals surface area contributed by atoms with E-state index >= 15 is 0 Å². The molecule has 0 saturated carbocycles. The van der Waals surface area contributed by atoms with Crippen LogP contribution in [0.15, 0.2) is 24.3 Å². The molecule has 0 heterocycles. The number of hydrogen-bond donors (Lipinski definition) is 2. The lowest BCUT2D eigenvalue weighted by Gasteiger charge is -2.36. The van der Waals surface area contributed by atoms with Gasteiger partial charge in [0.25, 0.3) is 0 Å². The van der Waals surface area contributed by atoms with Gasteiger partial charge in [0.05, 0.1) is 6.61 Å². The molecule has 1 aromatic rings. The van der Waals surface area contributed by atoms with Crippen LogP contribution in [0.5, 0.6) is 5.75 Å². The zero-order chi connectivity index (χ0) is 15.2. The molecule has 0 radical (unpaired) electrons. The smallest absolute Gasteiger partial charge is 0.154 e. The number of ether oxygens (including phenoxy) is 2. The van der Waals surface area contributed by atoms with Gasteiger partial charge in [0.2, 0.25) is 0 Å². The van der Waals surface area contributed by atoms with Gasteiger partial charge in [0.15, 0.2) is 4.93 Å². The van der Waals surface area contributed by atoms with Gasteiger partial charge in [-0.15, -0.1) is 0 Å². The number of benzene rings is 1. The Hall–Kier alpha value is -0.910. The molecule has 1 unspecified atom stereocenters. The van der Waals surface area contributed by atoms with Crippen molar-refractivity contribution in [3.8, 4) is 5.75 Å². The van der Waals surface area contributed by atoms with Crippen LogP contribution in [-0.4, -0.2) is 23.0 Å². The summed E-state index contributed by atoms with van der Waals surface area (Å²) in [6, 6.07) is 7.45. The summed E-state index contributed by atoms with van der Waals surface area (Å²) in [6.07, 6.45) is 0.859. The predicted molar refractivity (Wildman–Crippen MR) is 86.9 cm³/mol. The van der Waals surface area contributed by atoms with Crippen molar-refractivity contribution in [3.05, 3.63) is 24.3 Å². The lowest BCUT2D eigenvalue weighted by Crippen LogP contribution is -2.36. The highest BCUT2D eigenvalue weighted by molar-refractivity contribution is 8.01. The summed E-state index contributed by atoms with van der Waals surface area (Å²) in [6.45, 7) is 9.30. The van der Waals surface area contributed by atoms with Crippen LogP contribution in [-0.2, 0) is 4.74 Å². The normalized spacial score (nSPS) is 14.8. The first-order chi connectivity index (χ1) is 9.30. The van der Waals surface area contributed by atoms with E-state index in [0.717, 1.165) is 17.9 Å². The van der Waals surface area contributed by atoms with Crippen molar-refractivity contribution < 1.29 is 9.47 Å². The van der Waals surface area contributed by atoms with Crippen LogP contribution in [0.1, 0.15) is 34.1 Å². The number of thioether (sulfide) groups is 1. The monoisotopic (exact) mass is 298 g/mol. The SMILES string of the molecule is CCC(C)(Oc1ccc(N)cc1)SC(C)(C)OCCN. The molecule has 0 fully saturated rings. The summed E-state index contributed by atoms with van der Waals surface area (Å²) in [5.74, 6) is 0.811. The topological polar surface area (TPSA) is 70.5 Å². The average Bonchev–Trinajstić information content (AvgIpc) is 2.39. The number of rotatable bonds is 8. The highest BCUT2D eigenvalue weighted by atomic mass is 32.2. The van der Waals surface area contributed by atoms with Crippen molar-refractivity contribution in [3.63, 3.8) is 0 Å². The third-order valence-electron chi connectivity index (χ3n) is 2.89. The summed E-state index contributed by atoms with van der Waals surface area (Å²) in [5.41, 5.74) is 11.9. The van der Waals surface area contributed by atoms with Crippen LogP contribution in [0.3, 0.4) is 0 Å². The fourth-order valence-electron chi connectivity index (χ4n) is 1.80. The molecular weight excluding hydrogens is 272 g/mol. The lowest BCUT2D eigenvalue weighted by atomic mass is 10.3.